The number of nitrogens with two attached hydrogens (primary N) is 1. The first kappa shape index (κ1) is 12.5. The monoisotopic (exact) mass is 243 g/mol. The number of nitrogens with zero attached hydrogens (tertiary/aromatic N) is 2. The molecule has 1 rings (SSSR count). The molecule has 0 aliphatic heterocycles. The fourth-order valence-corrected chi connectivity index (χ4v) is 2.53. The average molecular weight is 243 g/mol. The Morgan fingerprint density at radius 3 is 2.80 bits per heavy atom. The van der Waals surface area contributed by atoms with Gasteiger partial charge in [0.05, 0.1) is 21.7 Å². The molecular formula is C10H17N3S2. The maximum absolute atomic E-state index is 5.68. The summed E-state index contributed by atoms with van der Waals surface area (Å²) in [6, 6.07) is 0.169. The van der Waals surface area contributed by atoms with Gasteiger partial charge in [0.2, 0.25) is 0 Å². The summed E-state index contributed by atoms with van der Waals surface area (Å²) in [7, 11) is 2.03. The van der Waals surface area contributed by atoms with Crippen LogP contribution in [0.2, 0.25) is 0 Å². The lowest BCUT2D eigenvalue weighted by Crippen LogP contribution is -2.40. The lowest BCUT2D eigenvalue weighted by molar-refractivity contribution is 0.281. The Kier molecular flexibility index (Phi) is 4.63. The molecule has 5 heteroatoms. The highest BCUT2D eigenvalue weighted by molar-refractivity contribution is 7.80. The predicted octanol–water partition coefficient (Wildman–Crippen LogP) is 1.95. The van der Waals surface area contributed by atoms with Crippen molar-refractivity contribution in [2.24, 2.45) is 5.73 Å². The minimum absolute atomic E-state index is 0.169. The number of hydrogen-bond acceptors (Lipinski definition) is 4. The van der Waals surface area contributed by atoms with Crippen molar-refractivity contribution in [3.8, 4) is 0 Å². The molecule has 0 aromatic carbocycles. The second-order valence-corrected chi connectivity index (χ2v) is 5.13. The standard InChI is InChI=1S/C10H17N3S2/c1-4-9(10(11)14)13(3)5-8-6-15-7(2)12-8/h6,9H,4-5H2,1-3H3,(H2,11,14). The molecule has 1 aromatic rings. The molecule has 0 radical (unpaired) electrons. The maximum atomic E-state index is 5.68. The molecule has 1 unspecified atom stereocenters. The highest BCUT2D eigenvalue weighted by Gasteiger charge is 2.16. The summed E-state index contributed by atoms with van der Waals surface area (Å²) in [6.07, 6.45) is 0.939. The molecule has 1 aromatic heterocycles. The minimum Gasteiger partial charge on any atom is -0.392 e. The van der Waals surface area contributed by atoms with E-state index in [1.165, 1.54) is 0 Å². The first-order chi connectivity index (χ1) is 7.04. The molecular weight excluding hydrogens is 226 g/mol. The van der Waals surface area contributed by atoms with Crippen LogP contribution in [0.3, 0.4) is 0 Å². The number of likely N-dealkylation sites (N-methyl/N-ethyl adjacent to an activating group) is 1. The topological polar surface area (TPSA) is 42.1 Å². The van der Waals surface area contributed by atoms with Crippen molar-refractivity contribution >= 4 is 28.5 Å². The zero-order chi connectivity index (χ0) is 11.4. The van der Waals surface area contributed by atoms with Gasteiger partial charge in [-0.15, -0.1) is 11.3 Å². The second-order valence-electron chi connectivity index (χ2n) is 3.60. The summed E-state index contributed by atoms with van der Waals surface area (Å²) in [5, 5.41) is 3.18. The van der Waals surface area contributed by atoms with E-state index in [9.17, 15) is 0 Å². The van der Waals surface area contributed by atoms with E-state index < -0.39 is 0 Å². The van der Waals surface area contributed by atoms with Crippen LogP contribution in [-0.4, -0.2) is 28.0 Å². The maximum Gasteiger partial charge on any atom is 0.0901 e. The van der Waals surface area contributed by atoms with Gasteiger partial charge in [0.15, 0.2) is 0 Å². The van der Waals surface area contributed by atoms with Gasteiger partial charge in [-0.3, -0.25) is 4.90 Å². The van der Waals surface area contributed by atoms with Gasteiger partial charge >= 0.3 is 0 Å². The second kappa shape index (κ2) is 5.53. The molecule has 2 N–H and O–H groups in total. The average Bonchev–Trinajstić information content (AvgIpc) is 2.51. The van der Waals surface area contributed by atoms with E-state index >= 15 is 0 Å². The molecule has 0 saturated carbocycles. The Bertz CT molecular complexity index is 335. The van der Waals surface area contributed by atoms with Crippen LogP contribution in [0.1, 0.15) is 24.0 Å². The molecule has 0 bridgehead atoms. The Labute approximate surface area is 100 Å². The molecule has 0 aliphatic carbocycles. The lowest BCUT2D eigenvalue weighted by Gasteiger charge is -2.25. The van der Waals surface area contributed by atoms with Crippen molar-refractivity contribution in [2.75, 3.05) is 7.05 Å². The predicted molar refractivity (Wildman–Crippen MR) is 69.2 cm³/mol. The summed E-state index contributed by atoms with van der Waals surface area (Å²) in [4.78, 5) is 7.13. The first-order valence-corrected chi connectivity index (χ1v) is 6.24. The SMILES string of the molecule is CCC(C(N)=S)N(C)Cc1csc(C)n1. The van der Waals surface area contributed by atoms with Gasteiger partial charge in [0.25, 0.3) is 0 Å². The van der Waals surface area contributed by atoms with Crippen LogP contribution in [-0.2, 0) is 6.54 Å². The Balaban J connectivity index is 2.61. The summed E-state index contributed by atoms with van der Waals surface area (Å²) in [6.45, 7) is 4.91. The number of aryl methyl sites for hydroxylation is 1. The van der Waals surface area contributed by atoms with Gasteiger partial charge in [-0.2, -0.15) is 0 Å². The third-order valence-electron chi connectivity index (χ3n) is 2.33. The van der Waals surface area contributed by atoms with Crippen molar-refractivity contribution in [3.63, 3.8) is 0 Å². The zero-order valence-electron chi connectivity index (χ0n) is 9.36. The summed E-state index contributed by atoms with van der Waals surface area (Å²) >= 11 is 6.70. The van der Waals surface area contributed by atoms with Crippen LogP contribution in [0.5, 0.6) is 0 Å². The van der Waals surface area contributed by atoms with Gasteiger partial charge in [-0.1, -0.05) is 19.1 Å². The third kappa shape index (κ3) is 3.52. The molecule has 1 heterocycles. The summed E-state index contributed by atoms with van der Waals surface area (Å²) in [5.74, 6) is 0. The fourth-order valence-electron chi connectivity index (χ4n) is 1.58. The normalized spacial score (nSPS) is 13.1. The number of aromatic nitrogens is 1. The Morgan fingerprint density at radius 2 is 2.40 bits per heavy atom. The van der Waals surface area contributed by atoms with Crippen molar-refractivity contribution in [3.05, 3.63) is 16.1 Å². The van der Waals surface area contributed by atoms with E-state index in [1.54, 1.807) is 11.3 Å². The van der Waals surface area contributed by atoms with Crippen LogP contribution < -0.4 is 5.73 Å². The van der Waals surface area contributed by atoms with Crippen LogP contribution in [0.4, 0.5) is 0 Å². The van der Waals surface area contributed by atoms with E-state index in [2.05, 4.69) is 22.2 Å². The fraction of sp³-hybridized carbons (Fsp3) is 0.600. The van der Waals surface area contributed by atoms with E-state index in [0.29, 0.717) is 4.99 Å². The largest absolute Gasteiger partial charge is 0.392 e. The van der Waals surface area contributed by atoms with Crippen LogP contribution in [0, 0.1) is 6.92 Å². The summed E-state index contributed by atoms with van der Waals surface area (Å²) in [5.41, 5.74) is 6.77. The van der Waals surface area contributed by atoms with Gasteiger partial charge in [0.1, 0.15) is 0 Å². The van der Waals surface area contributed by atoms with E-state index in [4.69, 9.17) is 18.0 Å². The Hall–Kier alpha value is -0.520. The van der Waals surface area contributed by atoms with Crippen molar-refractivity contribution in [1.82, 2.24) is 9.88 Å². The van der Waals surface area contributed by atoms with E-state index in [0.717, 1.165) is 23.7 Å². The highest BCUT2D eigenvalue weighted by atomic mass is 32.1. The zero-order valence-corrected chi connectivity index (χ0v) is 11.0. The molecule has 0 fully saturated rings. The highest BCUT2D eigenvalue weighted by Crippen LogP contribution is 2.12. The van der Waals surface area contributed by atoms with Crippen molar-refractivity contribution in [1.29, 1.82) is 0 Å². The summed E-state index contributed by atoms with van der Waals surface area (Å²) < 4.78 is 0. The molecule has 1 atom stereocenters. The van der Waals surface area contributed by atoms with Crippen molar-refractivity contribution in [2.45, 2.75) is 32.9 Å². The number of thiazole rings is 1. The van der Waals surface area contributed by atoms with Crippen LogP contribution in [0.15, 0.2) is 5.38 Å². The van der Waals surface area contributed by atoms with Crippen LogP contribution >= 0.6 is 23.6 Å². The number of hydrogen-bond donors (Lipinski definition) is 1. The van der Waals surface area contributed by atoms with Gasteiger partial charge in [0, 0.05) is 11.9 Å². The smallest absolute Gasteiger partial charge is 0.0901 e. The minimum atomic E-state index is 0.169. The van der Waals surface area contributed by atoms with Gasteiger partial charge in [-0.05, 0) is 20.4 Å². The van der Waals surface area contributed by atoms with E-state index in [1.807, 2.05) is 14.0 Å². The van der Waals surface area contributed by atoms with Gasteiger partial charge in [-0.25, -0.2) is 4.98 Å². The van der Waals surface area contributed by atoms with Crippen molar-refractivity contribution < 1.29 is 0 Å². The number of rotatable bonds is 5. The third-order valence-corrected chi connectivity index (χ3v) is 3.42. The first-order valence-electron chi connectivity index (χ1n) is 4.95. The van der Waals surface area contributed by atoms with E-state index in [-0.39, 0.29) is 6.04 Å². The molecule has 0 saturated heterocycles. The molecule has 0 amide bonds. The molecule has 15 heavy (non-hydrogen) atoms. The number of thiocarbonyl (C=S) groups is 1. The quantitative estimate of drug-likeness (QED) is 0.803. The molecule has 3 nitrogen and oxygen atoms in total. The molecule has 0 aliphatic rings. The van der Waals surface area contributed by atoms with Crippen LogP contribution in [0.25, 0.3) is 0 Å². The molecule has 84 valence electrons. The lowest BCUT2D eigenvalue weighted by atomic mass is 10.2. The van der Waals surface area contributed by atoms with Gasteiger partial charge < -0.3 is 5.73 Å². The molecule has 0 spiro atoms. The Morgan fingerprint density at radius 1 is 1.73 bits per heavy atom.